The van der Waals surface area contributed by atoms with E-state index in [1.165, 1.54) is 0 Å². The van der Waals surface area contributed by atoms with Crippen molar-refractivity contribution in [2.24, 2.45) is 5.10 Å². The Morgan fingerprint density at radius 2 is 1.80 bits per heavy atom. The summed E-state index contributed by atoms with van der Waals surface area (Å²) >= 11 is 0. The predicted octanol–water partition coefficient (Wildman–Crippen LogP) is 2.48. The molecule has 0 radical (unpaired) electrons. The number of nitrogens with one attached hydrogen (secondary N) is 1. The standard InChI is InChI=1S/C16H16N2O2/c19-15-9-6-14(7-10-15)12-17-18-16(20)11-8-13-4-2-1-3-5-13/h1-7,9-10,12,19H,8,11H2,(H,18,20)/b17-12-. The maximum atomic E-state index is 11.6. The van der Waals surface area contributed by atoms with Crippen LogP contribution in [-0.4, -0.2) is 17.2 Å². The Bertz CT molecular complexity index is 577. The van der Waals surface area contributed by atoms with Crippen LogP contribution in [0.15, 0.2) is 59.7 Å². The molecule has 0 aromatic heterocycles. The van der Waals surface area contributed by atoms with Crippen molar-refractivity contribution in [1.82, 2.24) is 5.43 Å². The van der Waals surface area contributed by atoms with E-state index < -0.39 is 0 Å². The highest BCUT2D eigenvalue weighted by molar-refractivity contribution is 5.82. The van der Waals surface area contributed by atoms with Gasteiger partial charge in [0.15, 0.2) is 0 Å². The van der Waals surface area contributed by atoms with Gasteiger partial charge in [-0.05, 0) is 41.8 Å². The number of rotatable bonds is 5. The Morgan fingerprint density at radius 1 is 1.10 bits per heavy atom. The van der Waals surface area contributed by atoms with Gasteiger partial charge in [0.05, 0.1) is 6.21 Å². The molecule has 1 amide bonds. The predicted molar refractivity (Wildman–Crippen MR) is 78.6 cm³/mol. The van der Waals surface area contributed by atoms with Gasteiger partial charge in [-0.1, -0.05) is 30.3 Å². The molecule has 2 rings (SSSR count). The molecule has 0 aliphatic carbocycles. The second kappa shape index (κ2) is 7.09. The summed E-state index contributed by atoms with van der Waals surface area (Å²) in [5.74, 6) is 0.0814. The third-order valence-electron chi connectivity index (χ3n) is 2.78. The number of hydrogen-bond donors (Lipinski definition) is 2. The van der Waals surface area contributed by atoms with Crippen LogP contribution in [0.1, 0.15) is 17.5 Å². The molecule has 0 spiro atoms. The van der Waals surface area contributed by atoms with Gasteiger partial charge in [-0.2, -0.15) is 5.10 Å². The van der Waals surface area contributed by atoms with E-state index in [4.69, 9.17) is 5.11 Å². The van der Waals surface area contributed by atoms with Crippen LogP contribution in [0.25, 0.3) is 0 Å². The number of nitrogens with zero attached hydrogens (tertiary/aromatic N) is 1. The molecule has 0 bridgehead atoms. The van der Waals surface area contributed by atoms with Crippen LogP contribution >= 0.6 is 0 Å². The summed E-state index contributed by atoms with van der Waals surface area (Å²) in [6.45, 7) is 0. The zero-order valence-electron chi connectivity index (χ0n) is 11.0. The van der Waals surface area contributed by atoms with Gasteiger partial charge in [0.25, 0.3) is 0 Å². The highest BCUT2D eigenvalue weighted by Gasteiger charge is 2.00. The van der Waals surface area contributed by atoms with E-state index >= 15 is 0 Å². The van der Waals surface area contributed by atoms with Gasteiger partial charge in [-0.3, -0.25) is 4.79 Å². The summed E-state index contributed by atoms with van der Waals surface area (Å²) in [5, 5.41) is 13.0. The van der Waals surface area contributed by atoms with Crippen LogP contribution in [0, 0.1) is 0 Å². The lowest BCUT2D eigenvalue weighted by Crippen LogP contribution is -2.17. The van der Waals surface area contributed by atoms with Crippen molar-refractivity contribution in [2.75, 3.05) is 0 Å². The monoisotopic (exact) mass is 268 g/mol. The molecule has 2 N–H and O–H groups in total. The lowest BCUT2D eigenvalue weighted by molar-refractivity contribution is -0.121. The van der Waals surface area contributed by atoms with Crippen LogP contribution in [0.5, 0.6) is 5.75 Å². The largest absolute Gasteiger partial charge is 0.508 e. The van der Waals surface area contributed by atoms with Crippen molar-refractivity contribution < 1.29 is 9.90 Å². The number of phenols is 1. The summed E-state index contributed by atoms with van der Waals surface area (Å²) in [6, 6.07) is 16.4. The lowest BCUT2D eigenvalue weighted by atomic mass is 10.1. The number of carbonyl (C=O) groups is 1. The summed E-state index contributed by atoms with van der Waals surface area (Å²) in [4.78, 5) is 11.6. The number of phenolic OH excluding ortho intramolecular Hbond substituents is 1. The number of hydrazone groups is 1. The number of amides is 1. The molecule has 0 heterocycles. The molecule has 0 saturated carbocycles. The number of aromatic hydroxyl groups is 1. The van der Waals surface area contributed by atoms with Crippen LogP contribution in [0.3, 0.4) is 0 Å². The van der Waals surface area contributed by atoms with Crippen LogP contribution < -0.4 is 5.43 Å². The van der Waals surface area contributed by atoms with E-state index in [9.17, 15) is 4.79 Å². The van der Waals surface area contributed by atoms with Gasteiger partial charge in [0, 0.05) is 6.42 Å². The summed E-state index contributed by atoms with van der Waals surface area (Å²) < 4.78 is 0. The van der Waals surface area contributed by atoms with Crippen molar-refractivity contribution in [3.8, 4) is 5.75 Å². The van der Waals surface area contributed by atoms with Gasteiger partial charge in [0.1, 0.15) is 5.75 Å². The Hall–Kier alpha value is -2.62. The maximum Gasteiger partial charge on any atom is 0.240 e. The molecule has 0 saturated heterocycles. The smallest absolute Gasteiger partial charge is 0.240 e. The first-order valence-corrected chi connectivity index (χ1v) is 6.39. The molecule has 2 aromatic rings. The van der Waals surface area contributed by atoms with Gasteiger partial charge >= 0.3 is 0 Å². The Morgan fingerprint density at radius 3 is 2.50 bits per heavy atom. The first-order valence-electron chi connectivity index (χ1n) is 6.39. The number of hydrogen-bond acceptors (Lipinski definition) is 3. The molecule has 0 fully saturated rings. The van der Waals surface area contributed by atoms with Crippen molar-refractivity contribution >= 4 is 12.1 Å². The van der Waals surface area contributed by atoms with E-state index in [0.717, 1.165) is 11.1 Å². The van der Waals surface area contributed by atoms with Gasteiger partial charge in [-0.25, -0.2) is 5.43 Å². The highest BCUT2D eigenvalue weighted by Crippen LogP contribution is 2.07. The fraction of sp³-hybridized carbons (Fsp3) is 0.125. The first kappa shape index (κ1) is 13.8. The van der Waals surface area contributed by atoms with Gasteiger partial charge < -0.3 is 5.11 Å². The summed E-state index contributed by atoms with van der Waals surface area (Å²) in [5.41, 5.74) is 4.43. The maximum absolute atomic E-state index is 11.6. The average Bonchev–Trinajstić information content (AvgIpc) is 2.48. The minimum Gasteiger partial charge on any atom is -0.508 e. The second-order valence-corrected chi connectivity index (χ2v) is 4.37. The second-order valence-electron chi connectivity index (χ2n) is 4.37. The molecule has 4 heteroatoms. The van der Waals surface area contributed by atoms with Crippen LogP contribution in [0.4, 0.5) is 0 Å². The SMILES string of the molecule is O=C(CCc1ccccc1)N/N=C\c1ccc(O)cc1. The first-order chi connectivity index (χ1) is 9.74. The Balaban J connectivity index is 1.76. The average molecular weight is 268 g/mol. The molecule has 0 aliphatic heterocycles. The fourth-order valence-corrected chi connectivity index (χ4v) is 1.70. The number of carbonyl (C=O) groups excluding carboxylic acids is 1. The molecule has 2 aromatic carbocycles. The van der Waals surface area contributed by atoms with Crippen molar-refractivity contribution in [2.45, 2.75) is 12.8 Å². The zero-order chi connectivity index (χ0) is 14.2. The molecule has 4 nitrogen and oxygen atoms in total. The molecule has 0 unspecified atom stereocenters. The van der Waals surface area contributed by atoms with Gasteiger partial charge in [0.2, 0.25) is 5.91 Å². The van der Waals surface area contributed by atoms with E-state index in [-0.39, 0.29) is 11.7 Å². The van der Waals surface area contributed by atoms with E-state index in [1.54, 1.807) is 30.5 Å². The van der Waals surface area contributed by atoms with Crippen molar-refractivity contribution in [1.29, 1.82) is 0 Å². The molecule has 20 heavy (non-hydrogen) atoms. The molecule has 0 aliphatic rings. The third kappa shape index (κ3) is 4.57. The lowest BCUT2D eigenvalue weighted by Gasteiger charge is -2.00. The molecular formula is C16H16N2O2. The molecular weight excluding hydrogens is 252 g/mol. The highest BCUT2D eigenvalue weighted by atomic mass is 16.3. The van der Waals surface area contributed by atoms with Crippen LogP contribution in [0.2, 0.25) is 0 Å². The molecule has 102 valence electrons. The number of aryl methyl sites for hydroxylation is 1. The molecule has 0 atom stereocenters. The summed E-state index contributed by atoms with van der Waals surface area (Å²) in [6.07, 6.45) is 2.64. The van der Waals surface area contributed by atoms with Gasteiger partial charge in [-0.15, -0.1) is 0 Å². The topological polar surface area (TPSA) is 61.7 Å². The van der Waals surface area contributed by atoms with E-state index in [1.807, 2.05) is 30.3 Å². The quantitative estimate of drug-likeness (QED) is 0.646. The number of benzene rings is 2. The Labute approximate surface area is 117 Å². The minimum absolute atomic E-state index is 0.121. The van der Waals surface area contributed by atoms with E-state index in [0.29, 0.717) is 12.8 Å². The normalized spacial score (nSPS) is 10.6. The van der Waals surface area contributed by atoms with Crippen molar-refractivity contribution in [3.05, 3.63) is 65.7 Å². The zero-order valence-corrected chi connectivity index (χ0v) is 11.0. The third-order valence-corrected chi connectivity index (χ3v) is 2.78. The van der Waals surface area contributed by atoms with Crippen LogP contribution in [-0.2, 0) is 11.2 Å². The Kier molecular flexibility index (Phi) is 4.89. The van der Waals surface area contributed by atoms with Crippen molar-refractivity contribution in [3.63, 3.8) is 0 Å². The fourth-order valence-electron chi connectivity index (χ4n) is 1.70. The summed E-state index contributed by atoms with van der Waals surface area (Å²) in [7, 11) is 0. The minimum atomic E-state index is -0.121. The van der Waals surface area contributed by atoms with E-state index in [2.05, 4.69) is 10.5 Å².